The maximum absolute atomic E-state index is 9.39. The lowest BCUT2D eigenvalue weighted by Crippen LogP contribution is -2.33. The summed E-state index contributed by atoms with van der Waals surface area (Å²) in [6.45, 7) is 9.05. The number of nitriles is 1. The summed E-state index contributed by atoms with van der Waals surface area (Å²) in [6.07, 6.45) is 6.66. The number of nitrogens with zero attached hydrogens (tertiary/aromatic N) is 5. The summed E-state index contributed by atoms with van der Waals surface area (Å²) < 4.78 is 1.93. The smallest absolute Gasteiger partial charge is 0.227 e. The molecule has 4 rings (SSSR count). The van der Waals surface area contributed by atoms with Crippen molar-refractivity contribution in [3.63, 3.8) is 0 Å². The van der Waals surface area contributed by atoms with Crippen LogP contribution in [0.5, 0.6) is 0 Å². The molecule has 1 aliphatic rings. The first-order valence-electron chi connectivity index (χ1n) is 10.4. The van der Waals surface area contributed by atoms with Crippen LogP contribution in [-0.2, 0) is 6.42 Å². The molecule has 0 saturated heterocycles. The minimum atomic E-state index is -0.0981. The van der Waals surface area contributed by atoms with Crippen LogP contribution in [0.25, 0.3) is 11.3 Å². The van der Waals surface area contributed by atoms with E-state index in [0.29, 0.717) is 12.0 Å². The summed E-state index contributed by atoms with van der Waals surface area (Å²) in [4.78, 5) is 9.22. The van der Waals surface area contributed by atoms with E-state index in [0.717, 1.165) is 35.5 Å². The molecular formula is C23H27N7. The lowest BCUT2D eigenvalue weighted by Gasteiger charge is -2.29. The Bertz CT molecular complexity index is 1090. The quantitative estimate of drug-likeness (QED) is 0.662. The molecule has 1 aromatic carbocycles. The van der Waals surface area contributed by atoms with E-state index in [-0.39, 0.29) is 12.0 Å². The summed E-state index contributed by atoms with van der Waals surface area (Å²) in [5, 5.41) is 20.6. The molecule has 154 valence electrons. The number of hydrogen-bond donors (Lipinski definition) is 2. The largest absolute Gasteiger partial charge is 0.324 e. The van der Waals surface area contributed by atoms with Crippen LogP contribution >= 0.6 is 0 Å². The van der Waals surface area contributed by atoms with Crippen LogP contribution < -0.4 is 10.6 Å². The third-order valence-corrected chi connectivity index (χ3v) is 5.58. The summed E-state index contributed by atoms with van der Waals surface area (Å²) >= 11 is 0. The Labute approximate surface area is 177 Å². The average Bonchev–Trinajstić information content (AvgIpc) is 3.24. The number of fused-ring (bicyclic) bond motifs is 1. The number of aromatic nitrogens is 4. The van der Waals surface area contributed by atoms with Gasteiger partial charge in [-0.15, -0.1) is 0 Å². The molecule has 0 fully saturated rings. The van der Waals surface area contributed by atoms with Crippen LogP contribution in [0.2, 0.25) is 0 Å². The Balaban J connectivity index is 1.63. The van der Waals surface area contributed by atoms with Gasteiger partial charge in [-0.1, -0.05) is 6.07 Å². The summed E-state index contributed by atoms with van der Waals surface area (Å²) in [7, 11) is 0. The van der Waals surface area contributed by atoms with E-state index >= 15 is 0 Å². The minimum Gasteiger partial charge on any atom is -0.324 e. The van der Waals surface area contributed by atoms with Crippen molar-refractivity contribution in [1.29, 1.82) is 5.26 Å². The number of anilines is 2. The summed E-state index contributed by atoms with van der Waals surface area (Å²) in [5.41, 5.74) is 6.23. The van der Waals surface area contributed by atoms with E-state index in [1.165, 1.54) is 11.1 Å². The van der Waals surface area contributed by atoms with Gasteiger partial charge in [-0.05, 0) is 69.5 Å². The first-order valence-corrected chi connectivity index (χ1v) is 10.4. The fourth-order valence-corrected chi connectivity index (χ4v) is 3.85. The standard InChI is InChI=1S/C23H27N7/c1-14(2)30-13-18(12-27-30)21-16(4)11-26-23(29-21)28-19-6-5-17-7-8-25-22(15(3)10-24)20(17)9-19/h5-6,9,11-15,22,25H,7-8H2,1-4H3,(H,26,28,29). The Morgan fingerprint density at radius 1 is 1.27 bits per heavy atom. The van der Waals surface area contributed by atoms with Crippen molar-refractivity contribution in [3.8, 4) is 17.3 Å². The average molecular weight is 402 g/mol. The molecule has 0 spiro atoms. The van der Waals surface area contributed by atoms with Crippen molar-refractivity contribution in [2.75, 3.05) is 11.9 Å². The van der Waals surface area contributed by atoms with Gasteiger partial charge >= 0.3 is 0 Å². The highest BCUT2D eigenvalue weighted by Gasteiger charge is 2.25. The molecule has 2 unspecified atom stereocenters. The second-order valence-electron chi connectivity index (χ2n) is 8.17. The van der Waals surface area contributed by atoms with Crippen LogP contribution in [0.15, 0.2) is 36.8 Å². The van der Waals surface area contributed by atoms with Crippen molar-refractivity contribution in [2.24, 2.45) is 5.92 Å². The molecule has 3 heterocycles. The van der Waals surface area contributed by atoms with Crippen molar-refractivity contribution in [2.45, 2.75) is 46.2 Å². The maximum Gasteiger partial charge on any atom is 0.227 e. The number of hydrogen-bond acceptors (Lipinski definition) is 6. The van der Waals surface area contributed by atoms with Gasteiger partial charge in [-0.2, -0.15) is 10.4 Å². The van der Waals surface area contributed by atoms with Gasteiger partial charge in [-0.3, -0.25) is 4.68 Å². The molecule has 2 aromatic heterocycles. The third-order valence-electron chi connectivity index (χ3n) is 5.58. The molecule has 0 aliphatic carbocycles. The van der Waals surface area contributed by atoms with Gasteiger partial charge in [0.05, 0.1) is 23.9 Å². The van der Waals surface area contributed by atoms with E-state index in [9.17, 15) is 5.26 Å². The number of rotatable bonds is 5. The van der Waals surface area contributed by atoms with Gasteiger partial charge in [0.15, 0.2) is 0 Å². The van der Waals surface area contributed by atoms with Crippen LogP contribution in [-0.4, -0.2) is 26.3 Å². The SMILES string of the molecule is Cc1cnc(Nc2ccc3c(c2)C(C(C)C#N)NCC3)nc1-c1cnn(C(C)C)c1. The molecule has 1 aliphatic heterocycles. The van der Waals surface area contributed by atoms with Crippen LogP contribution in [0.3, 0.4) is 0 Å². The fourth-order valence-electron chi connectivity index (χ4n) is 3.85. The molecule has 7 heteroatoms. The van der Waals surface area contributed by atoms with Crippen LogP contribution in [0, 0.1) is 24.2 Å². The molecule has 2 atom stereocenters. The Kier molecular flexibility index (Phi) is 5.51. The van der Waals surface area contributed by atoms with Gasteiger partial charge in [0.2, 0.25) is 5.95 Å². The molecule has 2 N–H and O–H groups in total. The lowest BCUT2D eigenvalue weighted by atomic mass is 9.87. The van der Waals surface area contributed by atoms with E-state index in [2.05, 4.69) is 58.8 Å². The zero-order valence-electron chi connectivity index (χ0n) is 17.8. The van der Waals surface area contributed by atoms with E-state index in [4.69, 9.17) is 4.98 Å². The number of benzene rings is 1. The van der Waals surface area contributed by atoms with Crippen molar-refractivity contribution < 1.29 is 0 Å². The van der Waals surface area contributed by atoms with Crippen LogP contribution in [0.1, 0.15) is 49.5 Å². The Hall–Kier alpha value is -3.24. The lowest BCUT2D eigenvalue weighted by molar-refractivity contribution is 0.431. The second kappa shape index (κ2) is 8.25. The van der Waals surface area contributed by atoms with Gasteiger partial charge in [0.25, 0.3) is 0 Å². The third kappa shape index (κ3) is 3.91. The van der Waals surface area contributed by atoms with E-state index in [1.807, 2.05) is 37.1 Å². The predicted molar refractivity (Wildman–Crippen MR) is 117 cm³/mol. The van der Waals surface area contributed by atoms with Crippen molar-refractivity contribution in [3.05, 3.63) is 53.5 Å². The molecule has 0 amide bonds. The zero-order chi connectivity index (χ0) is 21.3. The van der Waals surface area contributed by atoms with E-state index in [1.54, 1.807) is 0 Å². The van der Waals surface area contributed by atoms with Crippen molar-refractivity contribution in [1.82, 2.24) is 25.1 Å². The first kappa shape index (κ1) is 20.0. The molecule has 0 radical (unpaired) electrons. The highest BCUT2D eigenvalue weighted by molar-refractivity contribution is 5.64. The molecule has 7 nitrogen and oxygen atoms in total. The predicted octanol–water partition coefficient (Wildman–Crippen LogP) is 4.32. The monoisotopic (exact) mass is 401 g/mol. The van der Waals surface area contributed by atoms with Gasteiger partial charge < -0.3 is 10.6 Å². The topological polar surface area (TPSA) is 91.4 Å². The summed E-state index contributed by atoms with van der Waals surface area (Å²) in [6, 6.07) is 9.01. The highest BCUT2D eigenvalue weighted by Crippen LogP contribution is 2.31. The molecular weight excluding hydrogens is 374 g/mol. The highest BCUT2D eigenvalue weighted by atomic mass is 15.3. The Morgan fingerprint density at radius 3 is 2.83 bits per heavy atom. The Morgan fingerprint density at radius 2 is 2.10 bits per heavy atom. The summed E-state index contributed by atoms with van der Waals surface area (Å²) in [5.74, 6) is 0.445. The first-order chi connectivity index (χ1) is 14.5. The number of nitrogens with one attached hydrogen (secondary N) is 2. The molecule has 3 aromatic rings. The van der Waals surface area contributed by atoms with Gasteiger partial charge in [0.1, 0.15) is 0 Å². The normalized spacial score (nSPS) is 16.7. The maximum atomic E-state index is 9.39. The van der Waals surface area contributed by atoms with Crippen molar-refractivity contribution >= 4 is 11.6 Å². The second-order valence-corrected chi connectivity index (χ2v) is 8.17. The molecule has 0 saturated carbocycles. The van der Waals surface area contributed by atoms with Gasteiger partial charge in [-0.25, -0.2) is 9.97 Å². The zero-order valence-corrected chi connectivity index (χ0v) is 17.8. The van der Waals surface area contributed by atoms with Gasteiger partial charge in [0, 0.05) is 35.7 Å². The fraction of sp³-hybridized carbons (Fsp3) is 0.391. The number of aryl methyl sites for hydroxylation is 1. The molecule has 30 heavy (non-hydrogen) atoms. The minimum absolute atomic E-state index is 0.0388. The van der Waals surface area contributed by atoms with Crippen LogP contribution in [0.4, 0.5) is 11.6 Å². The molecule has 0 bridgehead atoms. The van der Waals surface area contributed by atoms with E-state index < -0.39 is 0 Å².